The number of hydrogen-bond acceptors (Lipinski definition) is 19. The van der Waals surface area contributed by atoms with Crippen molar-refractivity contribution in [1.82, 2.24) is 0 Å². The van der Waals surface area contributed by atoms with E-state index in [0.717, 1.165) is 11.9 Å². The zero-order valence-electron chi connectivity index (χ0n) is 39.0. The molecule has 0 radical (unpaired) electrons. The van der Waals surface area contributed by atoms with E-state index in [4.69, 9.17) is 33.2 Å². The number of carboxylic acid groups (broad SMARTS) is 1. The van der Waals surface area contributed by atoms with Crippen LogP contribution in [0.25, 0.3) is 0 Å². The predicted molar refractivity (Wildman–Crippen MR) is 226 cm³/mol. The molecule has 0 aromatic carbocycles. The SMILES string of the molecule is CC1(C)CC[C@]2(C(=O)O)C(O)C[C@]3(C)C(=CCC4C5(C)CC[C@H](O[C@@H]6OC(OC=O)[C@@H](O)[C@H](O[C@@H]7OC[C@@H](O)[C@H](O)C7O)C6O[C@@H]6OC(CO)[C@H](O)[C@H](O)C6O)C(C)(C=O)[C@@H]5CCC43C)C2C1. The van der Waals surface area contributed by atoms with Crippen LogP contribution in [0.4, 0.5) is 0 Å². The number of aliphatic hydroxyl groups excluding tert-OH is 9. The second kappa shape index (κ2) is 18.1. The van der Waals surface area contributed by atoms with E-state index in [1.807, 2.05) is 0 Å². The van der Waals surface area contributed by atoms with Crippen molar-refractivity contribution in [2.45, 2.75) is 198 Å². The van der Waals surface area contributed by atoms with Crippen LogP contribution in [0.5, 0.6) is 0 Å². The molecule has 8 rings (SSSR count). The summed E-state index contributed by atoms with van der Waals surface area (Å²) in [6.45, 7) is 11.5. The van der Waals surface area contributed by atoms with Crippen molar-refractivity contribution in [3.8, 4) is 0 Å². The first-order chi connectivity index (χ1) is 31.4. The summed E-state index contributed by atoms with van der Waals surface area (Å²) in [7, 11) is 0. The molecule has 20 nitrogen and oxygen atoms in total. The second-order valence-electron chi connectivity index (χ2n) is 22.7. The van der Waals surface area contributed by atoms with Crippen LogP contribution in [0.1, 0.15) is 99.3 Å². The van der Waals surface area contributed by atoms with Gasteiger partial charge in [0, 0.05) is 0 Å². The standard InChI is InChI=1S/C47H72O20/c1-42(2)13-14-47(41(59)60)22(15-42)21-7-8-26-43(3)11-10-28(44(4,19-49)25(43)9-12-45(26,5)46(21,6)16-27(47)52)64-40-36(66-39-33(57)31(55)30(54)24(17-48)63-39)35(34(58)38(67-40)62-20-50)65-37-32(56)29(53)23(51)18-61-37/h7,19-20,22-40,48,51-58H,8-18H2,1-6H3,(H,59,60)/t22?,23-,24?,25-,26?,27?,28+,29+,30+,31+,32?,33?,34+,35+,36?,37+,38?,39+,40-,43?,44?,45?,46-,47-/m1/s1. The van der Waals surface area contributed by atoms with Crippen LogP contribution in [0, 0.1) is 50.2 Å². The molecule has 380 valence electrons. The summed E-state index contributed by atoms with van der Waals surface area (Å²) in [5.41, 5.74) is -2.96. The maximum absolute atomic E-state index is 13.8. The highest BCUT2D eigenvalue weighted by Gasteiger charge is 2.72. The lowest BCUT2D eigenvalue weighted by Crippen LogP contribution is -2.69. The molecule has 7 fully saturated rings. The lowest BCUT2D eigenvalue weighted by molar-refractivity contribution is -0.410. The van der Waals surface area contributed by atoms with Crippen LogP contribution in [-0.2, 0) is 47.5 Å². The molecule has 5 aliphatic carbocycles. The van der Waals surface area contributed by atoms with Crippen LogP contribution < -0.4 is 0 Å². The van der Waals surface area contributed by atoms with E-state index in [-0.39, 0.29) is 36.1 Å². The van der Waals surface area contributed by atoms with E-state index in [1.54, 1.807) is 6.92 Å². The number of aliphatic hydroxyl groups is 9. The number of carbonyl (C=O) groups is 3. The maximum atomic E-state index is 13.8. The molecule has 67 heavy (non-hydrogen) atoms. The van der Waals surface area contributed by atoms with Crippen molar-refractivity contribution < 1.29 is 98.6 Å². The number of ether oxygens (including phenoxy) is 7. The zero-order chi connectivity index (χ0) is 49.0. The van der Waals surface area contributed by atoms with Gasteiger partial charge in [0.2, 0.25) is 6.29 Å². The number of carbonyl (C=O) groups excluding carboxylic acids is 2. The molecule has 24 atom stereocenters. The Hall–Kier alpha value is -2.25. The highest BCUT2D eigenvalue weighted by molar-refractivity contribution is 5.77. The van der Waals surface area contributed by atoms with Crippen LogP contribution in [0.15, 0.2) is 11.6 Å². The van der Waals surface area contributed by atoms with Crippen LogP contribution in [0.3, 0.4) is 0 Å². The Morgan fingerprint density at radius 1 is 0.731 bits per heavy atom. The lowest BCUT2D eigenvalue weighted by Gasteiger charge is -2.71. The summed E-state index contributed by atoms with van der Waals surface area (Å²) in [6, 6.07) is 0. The minimum Gasteiger partial charge on any atom is -0.481 e. The Bertz CT molecular complexity index is 1880. The molecule has 0 amide bonds. The Kier molecular flexibility index (Phi) is 13.8. The zero-order valence-corrected chi connectivity index (χ0v) is 39.0. The maximum Gasteiger partial charge on any atom is 0.312 e. The molecule has 0 aromatic heterocycles. The topological polar surface area (TPSA) is 318 Å². The van der Waals surface area contributed by atoms with Crippen molar-refractivity contribution in [3.05, 3.63) is 11.6 Å². The van der Waals surface area contributed by atoms with Gasteiger partial charge in [-0.2, -0.15) is 0 Å². The Labute approximate surface area is 389 Å². The summed E-state index contributed by atoms with van der Waals surface area (Å²) in [5.74, 6) is -1.60. The average Bonchev–Trinajstić information content (AvgIpc) is 3.27. The third-order valence-corrected chi connectivity index (χ3v) is 18.8. The van der Waals surface area contributed by atoms with E-state index in [2.05, 4.69) is 40.7 Å². The fourth-order valence-corrected chi connectivity index (χ4v) is 14.7. The van der Waals surface area contributed by atoms with E-state index in [0.29, 0.717) is 51.4 Å². The first-order valence-electron chi connectivity index (χ1n) is 23.8. The molecular weight excluding hydrogens is 884 g/mol. The highest BCUT2D eigenvalue weighted by atomic mass is 16.8. The summed E-state index contributed by atoms with van der Waals surface area (Å²) < 4.78 is 41.3. The van der Waals surface area contributed by atoms with Crippen molar-refractivity contribution in [1.29, 1.82) is 0 Å². The number of aldehydes is 1. The van der Waals surface area contributed by atoms with Crippen molar-refractivity contribution in [2.24, 2.45) is 50.2 Å². The van der Waals surface area contributed by atoms with Gasteiger partial charge in [0.25, 0.3) is 6.47 Å². The smallest absolute Gasteiger partial charge is 0.312 e. The van der Waals surface area contributed by atoms with Crippen LogP contribution >= 0.6 is 0 Å². The predicted octanol–water partition coefficient (Wildman–Crippen LogP) is -0.367. The number of hydrogen-bond donors (Lipinski definition) is 10. The molecule has 0 bridgehead atoms. The summed E-state index contributed by atoms with van der Waals surface area (Å²) in [6.07, 6.45) is -19.2. The fourth-order valence-electron chi connectivity index (χ4n) is 14.7. The molecular formula is C47H72O20. The first-order valence-corrected chi connectivity index (χ1v) is 23.8. The first kappa shape index (κ1) is 51.1. The normalized spacial score (nSPS) is 54.0. The van der Waals surface area contributed by atoms with E-state index >= 15 is 0 Å². The van der Waals surface area contributed by atoms with Gasteiger partial charge in [-0.15, -0.1) is 0 Å². The van der Waals surface area contributed by atoms with Crippen molar-refractivity contribution in [3.63, 3.8) is 0 Å². The Morgan fingerprint density at radius 3 is 2.07 bits per heavy atom. The van der Waals surface area contributed by atoms with Crippen LogP contribution in [0.2, 0.25) is 0 Å². The van der Waals surface area contributed by atoms with Gasteiger partial charge in [-0.3, -0.25) is 9.59 Å². The summed E-state index contributed by atoms with van der Waals surface area (Å²) >= 11 is 0. The average molecular weight is 957 g/mol. The molecule has 8 aliphatic rings. The molecule has 3 aliphatic heterocycles. The van der Waals surface area contributed by atoms with Crippen molar-refractivity contribution in [2.75, 3.05) is 13.2 Å². The van der Waals surface area contributed by atoms with Crippen molar-refractivity contribution >= 4 is 18.7 Å². The molecule has 0 spiro atoms. The van der Waals surface area contributed by atoms with Gasteiger partial charge < -0.3 is 89.0 Å². The van der Waals surface area contributed by atoms with E-state index in [1.165, 1.54) is 0 Å². The molecule has 4 saturated carbocycles. The third kappa shape index (κ3) is 7.87. The summed E-state index contributed by atoms with van der Waals surface area (Å²) in [5, 5.41) is 108. The van der Waals surface area contributed by atoms with E-state index < -0.39 is 145 Å². The van der Waals surface area contributed by atoms with Gasteiger partial charge in [-0.25, -0.2) is 0 Å². The Morgan fingerprint density at radius 2 is 1.42 bits per heavy atom. The molecule has 3 heterocycles. The largest absolute Gasteiger partial charge is 0.481 e. The number of rotatable bonds is 11. The number of aliphatic carboxylic acids is 1. The number of carboxylic acids is 1. The Balaban J connectivity index is 1.12. The lowest BCUT2D eigenvalue weighted by atomic mass is 9.33. The number of allylic oxidation sites excluding steroid dienone is 2. The van der Waals surface area contributed by atoms with Gasteiger partial charge in [-0.05, 0) is 97.2 Å². The second-order valence-corrected chi connectivity index (χ2v) is 22.7. The summed E-state index contributed by atoms with van der Waals surface area (Å²) in [4.78, 5) is 38.9. The van der Waals surface area contributed by atoms with Gasteiger partial charge in [-0.1, -0.05) is 53.2 Å². The molecule has 0 aromatic rings. The van der Waals surface area contributed by atoms with Gasteiger partial charge in [0.1, 0.15) is 72.7 Å². The number of fused-ring (bicyclic) bond motifs is 7. The highest BCUT2D eigenvalue weighted by Crippen LogP contribution is 2.76. The quantitative estimate of drug-likeness (QED) is 0.0718. The minimum atomic E-state index is -1.97. The van der Waals surface area contributed by atoms with Gasteiger partial charge in [0.15, 0.2) is 18.9 Å². The molecule has 3 saturated heterocycles. The van der Waals surface area contributed by atoms with Gasteiger partial charge >= 0.3 is 5.97 Å². The molecule has 10 N–H and O–H groups in total. The van der Waals surface area contributed by atoms with E-state index in [9.17, 15) is 65.4 Å². The molecule has 11 unspecified atom stereocenters. The monoisotopic (exact) mass is 956 g/mol. The molecule has 20 heteroatoms. The minimum absolute atomic E-state index is 0.0000812. The van der Waals surface area contributed by atoms with Gasteiger partial charge in [0.05, 0.1) is 30.8 Å². The van der Waals surface area contributed by atoms with Crippen LogP contribution in [-0.4, -0.2) is 181 Å². The third-order valence-electron chi connectivity index (χ3n) is 18.8. The fraction of sp³-hybridized carbons (Fsp3) is 0.894.